The lowest BCUT2D eigenvalue weighted by Crippen LogP contribution is -2.49. The maximum atomic E-state index is 13.5. The number of benzene rings is 1. The van der Waals surface area contributed by atoms with Crippen LogP contribution in [-0.4, -0.2) is 54.9 Å². The quantitative estimate of drug-likeness (QED) is 0.874. The molecule has 1 atom stereocenters. The summed E-state index contributed by atoms with van der Waals surface area (Å²) < 4.78 is 23.3. The number of amides is 2. The summed E-state index contributed by atoms with van der Waals surface area (Å²) in [5, 5.41) is 11.4. The van der Waals surface area contributed by atoms with Crippen LogP contribution in [0.25, 0.3) is 0 Å². The highest BCUT2D eigenvalue weighted by molar-refractivity contribution is 5.90. The number of carbonyl (C=O) groups is 2. The molecule has 1 fully saturated rings. The van der Waals surface area contributed by atoms with E-state index in [1.54, 1.807) is 0 Å². The standard InChI is InChI=1S/C13H15FN2O5/c1-20-10-3-2-8(6-9(10)14)15-13(19)16-4-5-21-11(7-16)12(17)18/h2-3,6,11H,4-5,7H2,1H3,(H,15,19)(H,17,18). The zero-order chi connectivity index (χ0) is 15.4. The Bertz CT molecular complexity index is 551. The van der Waals surface area contributed by atoms with Crippen molar-refractivity contribution in [2.45, 2.75) is 6.10 Å². The number of nitrogens with one attached hydrogen (secondary N) is 1. The molecule has 1 unspecified atom stereocenters. The number of ether oxygens (including phenoxy) is 2. The number of hydrogen-bond donors (Lipinski definition) is 2. The van der Waals surface area contributed by atoms with Gasteiger partial charge in [0.1, 0.15) is 0 Å². The summed E-state index contributed by atoms with van der Waals surface area (Å²) >= 11 is 0. The lowest BCUT2D eigenvalue weighted by molar-refractivity contribution is -0.154. The molecule has 114 valence electrons. The Hall–Kier alpha value is -2.35. The Balaban J connectivity index is 2.00. The number of methoxy groups -OCH3 is 1. The van der Waals surface area contributed by atoms with Crippen LogP contribution in [0.4, 0.5) is 14.9 Å². The molecule has 8 heteroatoms. The first-order valence-corrected chi connectivity index (χ1v) is 6.25. The van der Waals surface area contributed by atoms with Crippen molar-refractivity contribution in [3.05, 3.63) is 24.0 Å². The molecule has 0 spiro atoms. The molecule has 1 heterocycles. The number of rotatable bonds is 3. The van der Waals surface area contributed by atoms with Crippen LogP contribution in [-0.2, 0) is 9.53 Å². The minimum Gasteiger partial charge on any atom is -0.494 e. The van der Waals surface area contributed by atoms with E-state index in [0.717, 1.165) is 6.07 Å². The zero-order valence-corrected chi connectivity index (χ0v) is 11.3. The third-order valence-electron chi connectivity index (χ3n) is 3.03. The average Bonchev–Trinajstić information content (AvgIpc) is 2.47. The Labute approximate surface area is 120 Å². The van der Waals surface area contributed by atoms with Gasteiger partial charge in [0.05, 0.1) is 20.3 Å². The second kappa shape index (κ2) is 6.40. The van der Waals surface area contributed by atoms with Crippen LogP contribution in [0.3, 0.4) is 0 Å². The van der Waals surface area contributed by atoms with Gasteiger partial charge in [-0.15, -0.1) is 0 Å². The van der Waals surface area contributed by atoms with Crippen molar-refractivity contribution >= 4 is 17.7 Å². The van der Waals surface area contributed by atoms with Gasteiger partial charge in [0.15, 0.2) is 17.7 Å². The van der Waals surface area contributed by atoms with Crippen molar-refractivity contribution in [3.8, 4) is 5.75 Å². The van der Waals surface area contributed by atoms with Gasteiger partial charge in [-0.3, -0.25) is 0 Å². The second-order valence-electron chi connectivity index (χ2n) is 4.42. The van der Waals surface area contributed by atoms with E-state index < -0.39 is 23.9 Å². The van der Waals surface area contributed by atoms with Gasteiger partial charge in [0, 0.05) is 18.3 Å². The van der Waals surface area contributed by atoms with Gasteiger partial charge >= 0.3 is 12.0 Å². The van der Waals surface area contributed by atoms with Crippen molar-refractivity contribution in [1.82, 2.24) is 4.90 Å². The van der Waals surface area contributed by atoms with Crippen LogP contribution < -0.4 is 10.1 Å². The highest BCUT2D eigenvalue weighted by Gasteiger charge is 2.29. The van der Waals surface area contributed by atoms with Gasteiger partial charge in [-0.2, -0.15) is 0 Å². The fourth-order valence-corrected chi connectivity index (χ4v) is 1.93. The molecule has 2 rings (SSSR count). The summed E-state index contributed by atoms with van der Waals surface area (Å²) in [6, 6.07) is 3.51. The largest absolute Gasteiger partial charge is 0.494 e. The number of aliphatic carboxylic acids is 1. The zero-order valence-electron chi connectivity index (χ0n) is 11.3. The highest BCUT2D eigenvalue weighted by Crippen LogP contribution is 2.21. The Kier molecular flexibility index (Phi) is 4.59. The molecule has 2 N–H and O–H groups in total. The monoisotopic (exact) mass is 298 g/mol. The van der Waals surface area contributed by atoms with Gasteiger partial charge in [-0.1, -0.05) is 0 Å². The molecule has 2 amide bonds. The van der Waals surface area contributed by atoms with E-state index in [9.17, 15) is 14.0 Å². The SMILES string of the molecule is COc1ccc(NC(=O)N2CCOC(C(=O)O)C2)cc1F. The molecule has 0 radical (unpaired) electrons. The summed E-state index contributed by atoms with van der Waals surface area (Å²) in [5.41, 5.74) is 0.261. The van der Waals surface area contributed by atoms with Gasteiger partial charge < -0.3 is 24.8 Å². The van der Waals surface area contributed by atoms with Crippen LogP contribution >= 0.6 is 0 Å². The molecule has 1 aliphatic heterocycles. The smallest absolute Gasteiger partial charge is 0.334 e. The van der Waals surface area contributed by atoms with Crippen LogP contribution in [0, 0.1) is 5.82 Å². The number of nitrogens with zero attached hydrogens (tertiary/aromatic N) is 1. The number of carbonyl (C=O) groups excluding carboxylic acids is 1. The van der Waals surface area contributed by atoms with Crippen molar-refractivity contribution in [1.29, 1.82) is 0 Å². The van der Waals surface area contributed by atoms with Gasteiger partial charge in [0.2, 0.25) is 0 Å². The average molecular weight is 298 g/mol. The second-order valence-corrected chi connectivity index (χ2v) is 4.42. The number of morpholine rings is 1. The van der Waals surface area contributed by atoms with Gasteiger partial charge in [-0.05, 0) is 12.1 Å². The fraction of sp³-hybridized carbons (Fsp3) is 0.385. The van der Waals surface area contributed by atoms with E-state index in [1.165, 1.54) is 24.1 Å². The summed E-state index contributed by atoms with van der Waals surface area (Å²) in [5.74, 6) is -1.64. The first kappa shape index (κ1) is 15.0. The minimum absolute atomic E-state index is 0.0558. The molecular weight excluding hydrogens is 283 g/mol. The maximum absolute atomic E-state index is 13.5. The molecule has 0 aromatic heterocycles. The summed E-state index contributed by atoms with van der Waals surface area (Å²) in [6.07, 6.45) is -1.04. The molecule has 1 saturated heterocycles. The maximum Gasteiger partial charge on any atom is 0.334 e. The number of carboxylic acids is 1. The topological polar surface area (TPSA) is 88.1 Å². The molecule has 7 nitrogen and oxygen atoms in total. The van der Waals surface area contributed by atoms with E-state index in [0.29, 0.717) is 0 Å². The number of carboxylic acid groups (broad SMARTS) is 1. The first-order valence-electron chi connectivity index (χ1n) is 6.25. The third-order valence-corrected chi connectivity index (χ3v) is 3.03. The summed E-state index contributed by atoms with van der Waals surface area (Å²) in [6.45, 7) is 0.357. The van der Waals surface area contributed by atoms with Crippen molar-refractivity contribution in [2.24, 2.45) is 0 Å². The van der Waals surface area contributed by atoms with E-state index >= 15 is 0 Å². The van der Waals surface area contributed by atoms with Crippen LogP contribution in [0.5, 0.6) is 5.75 Å². The lowest BCUT2D eigenvalue weighted by Gasteiger charge is -2.30. The Morgan fingerprint density at radius 1 is 1.52 bits per heavy atom. The Morgan fingerprint density at radius 2 is 2.29 bits per heavy atom. The number of anilines is 1. The van der Waals surface area contributed by atoms with Crippen molar-refractivity contribution < 1.29 is 28.6 Å². The van der Waals surface area contributed by atoms with E-state index in [-0.39, 0.29) is 31.1 Å². The van der Waals surface area contributed by atoms with Crippen LogP contribution in [0.15, 0.2) is 18.2 Å². The number of halogens is 1. The molecule has 1 aliphatic rings. The third kappa shape index (κ3) is 3.60. The molecule has 1 aromatic carbocycles. The fourth-order valence-electron chi connectivity index (χ4n) is 1.93. The molecule has 0 aliphatic carbocycles. The van der Waals surface area contributed by atoms with Gasteiger partial charge in [0.25, 0.3) is 0 Å². The molecule has 1 aromatic rings. The number of urea groups is 1. The molecule has 0 bridgehead atoms. The summed E-state index contributed by atoms with van der Waals surface area (Å²) in [4.78, 5) is 24.2. The van der Waals surface area contributed by atoms with Crippen molar-refractivity contribution in [2.75, 3.05) is 32.1 Å². The molecular formula is C13H15FN2O5. The lowest BCUT2D eigenvalue weighted by atomic mass is 10.2. The van der Waals surface area contributed by atoms with Crippen molar-refractivity contribution in [3.63, 3.8) is 0 Å². The molecule has 0 saturated carbocycles. The van der Waals surface area contributed by atoms with Gasteiger partial charge in [-0.25, -0.2) is 14.0 Å². The predicted molar refractivity (Wildman–Crippen MR) is 70.9 cm³/mol. The van der Waals surface area contributed by atoms with E-state index in [4.69, 9.17) is 14.6 Å². The van der Waals surface area contributed by atoms with E-state index in [2.05, 4.69) is 5.32 Å². The first-order chi connectivity index (χ1) is 10.0. The van der Waals surface area contributed by atoms with E-state index in [1.807, 2.05) is 0 Å². The highest BCUT2D eigenvalue weighted by atomic mass is 19.1. The molecule has 21 heavy (non-hydrogen) atoms. The van der Waals surface area contributed by atoms with Crippen LogP contribution in [0.1, 0.15) is 0 Å². The normalized spacial score (nSPS) is 18.2. The summed E-state index contributed by atoms with van der Waals surface area (Å²) in [7, 11) is 1.34. The van der Waals surface area contributed by atoms with Crippen LogP contribution in [0.2, 0.25) is 0 Å². The minimum atomic E-state index is -1.12. The Morgan fingerprint density at radius 3 is 2.90 bits per heavy atom. The number of hydrogen-bond acceptors (Lipinski definition) is 4. The predicted octanol–water partition coefficient (Wildman–Crippen LogP) is 1.15.